The molecule has 1 aromatic carbocycles. The number of nitro benzene ring substituents is 1. The Balaban J connectivity index is 1.59. The summed E-state index contributed by atoms with van der Waals surface area (Å²) < 4.78 is 0. The van der Waals surface area contributed by atoms with Crippen LogP contribution in [0.25, 0.3) is 0 Å². The molecule has 1 N–H and O–H groups in total. The zero-order chi connectivity index (χ0) is 18.7. The van der Waals surface area contributed by atoms with E-state index in [1.807, 2.05) is 18.7 Å². The van der Waals surface area contributed by atoms with Gasteiger partial charge in [0.2, 0.25) is 11.0 Å². The summed E-state index contributed by atoms with van der Waals surface area (Å²) in [6, 6.07) is 6.72. The van der Waals surface area contributed by atoms with Crippen LogP contribution in [0.2, 0.25) is 0 Å². The number of para-hydroxylation sites is 2. The fourth-order valence-corrected chi connectivity index (χ4v) is 3.74. The molecule has 1 saturated heterocycles. The van der Waals surface area contributed by atoms with Crippen molar-refractivity contribution in [1.29, 1.82) is 0 Å². The predicted molar refractivity (Wildman–Crippen MR) is 101 cm³/mol. The third kappa shape index (κ3) is 3.98. The summed E-state index contributed by atoms with van der Waals surface area (Å²) in [5.41, 5.74) is 0.715. The van der Waals surface area contributed by atoms with Crippen LogP contribution >= 0.6 is 11.3 Å². The molecule has 2 heterocycles. The van der Waals surface area contributed by atoms with Crippen molar-refractivity contribution in [3.05, 3.63) is 39.4 Å². The molecule has 0 atom stereocenters. The second kappa shape index (κ2) is 7.77. The monoisotopic (exact) mass is 375 g/mol. The first kappa shape index (κ1) is 18.2. The molecule has 26 heavy (non-hydrogen) atoms. The highest BCUT2D eigenvalue weighted by Gasteiger charge is 2.28. The standard InChI is InChI=1S/C17H21N5O3S/c1-11(2)16-19-20-17(26-16)18-15(23)12-7-9-21(10-8-12)13-5-3-4-6-14(13)22(24)25/h3-6,11-12H,7-10H2,1-2H3,(H,18,20,23). The normalized spacial score (nSPS) is 15.3. The van der Waals surface area contributed by atoms with E-state index in [1.165, 1.54) is 17.4 Å². The van der Waals surface area contributed by atoms with E-state index in [1.54, 1.807) is 18.2 Å². The topological polar surface area (TPSA) is 101 Å². The molecule has 0 radical (unpaired) electrons. The number of piperidine rings is 1. The quantitative estimate of drug-likeness (QED) is 0.635. The first-order valence-corrected chi connectivity index (χ1v) is 9.40. The van der Waals surface area contributed by atoms with Gasteiger partial charge in [0.1, 0.15) is 10.7 Å². The van der Waals surface area contributed by atoms with Crippen molar-refractivity contribution in [2.75, 3.05) is 23.3 Å². The zero-order valence-corrected chi connectivity index (χ0v) is 15.5. The molecule has 9 heteroatoms. The number of nitrogens with one attached hydrogen (secondary N) is 1. The van der Waals surface area contributed by atoms with Crippen LogP contribution in [0.3, 0.4) is 0 Å². The van der Waals surface area contributed by atoms with Crippen LogP contribution in [0.1, 0.15) is 37.6 Å². The highest BCUT2D eigenvalue weighted by atomic mass is 32.1. The average molecular weight is 375 g/mol. The van der Waals surface area contributed by atoms with Crippen LogP contribution in [0.4, 0.5) is 16.5 Å². The Morgan fingerprint density at radius 2 is 2.00 bits per heavy atom. The molecule has 138 valence electrons. The van der Waals surface area contributed by atoms with Crippen molar-refractivity contribution in [3.63, 3.8) is 0 Å². The van der Waals surface area contributed by atoms with Crippen LogP contribution < -0.4 is 10.2 Å². The molecule has 1 aliphatic rings. The van der Waals surface area contributed by atoms with Gasteiger partial charge in [-0.3, -0.25) is 14.9 Å². The van der Waals surface area contributed by atoms with Crippen molar-refractivity contribution in [1.82, 2.24) is 10.2 Å². The van der Waals surface area contributed by atoms with Gasteiger partial charge < -0.3 is 10.2 Å². The average Bonchev–Trinajstić information content (AvgIpc) is 3.10. The summed E-state index contributed by atoms with van der Waals surface area (Å²) in [6.07, 6.45) is 1.29. The number of aromatic nitrogens is 2. The molecular weight excluding hydrogens is 354 g/mol. The van der Waals surface area contributed by atoms with Crippen LogP contribution in [-0.4, -0.2) is 34.1 Å². The van der Waals surface area contributed by atoms with Gasteiger partial charge in [0, 0.05) is 31.0 Å². The molecule has 0 bridgehead atoms. The Hall–Kier alpha value is -2.55. The second-order valence-corrected chi connectivity index (χ2v) is 7.61. The van der Waals surface area contributed by atoms with Gasteiger partial charge in [-0.2, -0.15) is 0 Å². The Bertz CT molecular complexity index is 799. The Kier molecular flexibility index (Phi) is 5.46. The predicted octanol–water partition coefficient (Wildman–Crippen LogP) is 3.42. The zero-order valence-electron chi connectivity index (χ0n) is 14.7. The Morgan fingerprint density at radius 1 is 1.31 bits per heavy atom. The summed E-state index contributed by atoms with van der Waals surface area (Å²) >= 11 is 1.40. The summed E-state index contributed by atoms with van der Waals surface area (Å²) in [6.45, 7) is 5.28. The minimum absolute atomic E-state index is 0.0568. The summed E-state index contributed by atoms with van der Waals surface area (Å²) in [5.74, 6) is 0.0992. The fraction of sp³-hybridized carbons (Fsp3) is 0.471. The van der Waals surface area contributed by atoms with Crippen molar-refractivity contribution < 1.29 is 9.72 Å². The molecule has 1 aliphatic heterocycles. The number of nitro groups is 1. The van der Waals surface area contributed by atoms with Crippen molar-refractivity contribution in [2.24, 2.45) is 5.92 Å². The maximum absolute atomic E-state index is 12.5. The van der Waals surface area contributed by atoms with E-state index in [9.17, 15) is 14.9 Å². The summed E-state index contributed by atoms with van der Waals surface area (Å²) in [7, 11) is 0. The molecule has 8 nitrogen and oxygen atoms in total. The third-order valence-corrected chi connectivity index (χ3v) is 5.59. The lowest BCUT2D eigenvalue weighted by atomic mass is 9.95. The first-order valence-electron chi connectivity index (χ1n) is 8.58. The number of nitrogens with zero attached hydrogens (tertiary/aromatic N) is 4. The van der Waals surface area contributed by atoms with Gasteiger partial charge in [0.15, 0.2) is 0 Å². The van der Waals surface area contributed by atoms with Crippen LogP contribution in [0.15, 0.2) is 24.3 Å². The minimum Gasteiger partial charge on any atom is -0.366 e. The van der Waals surface area contributed by atoms with Crippen LogP contribution in [0, 0.1) is 16.0 Å². The van der Waals surface area contributed by atoms with E-state index >= 15 is 0 Å². The number of hydrogen-bond acceptors (Lipinski definition) is 7. The SMILES string of the molecule is CC(C)c1nnc(NC(=O)C2CCN(c3ccccc3[N+](=O)[O-])CC2)s1. The maximum atomic E-state index is 12.5. The number of hydrogen-bond donors (Lipinski definition) is 1. The van der Waals surface area contributed by atoms with Gasteiger partial charge >= 0.3 is 0 Å². The molecule has 3 rings (SSSR count). The molecule has 0 saturated carbocycles. The minimum atomic E-state index is -0.365. The summed E-state index contributed by atoms with van der Waals surface area (Å²) in [5, 5.41) is 23.6. The van der Waals surface area contributed by atoms with E-state index in [-0.39, 0.29) is 28.4 Å². The van der Waals surface area contributed by atoms with Crippen molar-refractivity contribution in [3.8, 4) is 0 Å². The fourth-order valence-electron chi connectivity index (χ4n) is 2.99. The number of rotatable bonds is 5. The van der Waals surface area contributed by atoms with E-state index in [0.717, 1.165) is 5.01 Å². The van der Waals surface area contributed by atoms with E-state index in [0.29, 0.717) is 36.8 Å². The lowest BCUT2D eigenvalue weighted by Gasteiger charge is -2.32. The number of carbonyl (C=O) groups excluding carboxylic acids is 1. The number of carbonyl (C=O) groups is 1. The van der Waals surface area contributed by atoms with Gasteiger partial charge in [-0.15, -0.1) is 10.2 Å². The highest BCUT2D eigenvalue weighted by Crippen LogP contribution is 2.31. The largest absolute Gasteiger partial charge is 0.366 e. The Morgan fingerprint density at radius 3 is 2.62 bits per heavy atom. The molecule has 2 aromatic rings. The van der Waals surface area contributed by atoms with Gasteiger partial charge in [0.25, 0.3) is 5.69 Å². The lowest BCUT2D eigenvalue weighted by Crippen LogP contribution is -2.38. The van der Waals surface area contributed by atoms with Crippen LogP contribution in [-0.2, 0) is 4.79 Å². The number of anilines is 2. The van der Waals surface area contributed by atoms with E-state index in [4.69, 9.17) is 0 Å². The molecule has 1 fully saturated rings. The molecular formula is C17H21N5O3S. The first-order chi connectivity index (χ1) is 12.5. The van der Waals surface area contributed by atoms with Crippen molar-refractivity contribution in [2.45, 2.75) is 32.6 Å². The summed E-state index contributed by atoms with van der Waals surface area (Å²) in [4.78, 5) is 25.3. The Labute approximate surface area is 155 Å². The molecule has 0 unspecified atom stereocenters. The molecule has 1 aromatic heterocycles. The van der Waals surface area contributed by atoms with Gasteiger partial charge in [-0.25, -0.2) is 0 Å². The van der Waals surface area contributed by atoms with Crippen molar-refractivity contribution >= 4 is 33.8 Å². The smallest absolute Gasteiger partial charge is 0.292 e. The van der Waals surface area contributed by atoms with Gasteiger partial charge in [-0.05, 0) is 18.9 Å². The van der Waals surface area contributed by atoms with E-state index < -0.39 is 0 Å². The lowest BCUT2D eigenvalue weighted by molar-refractivity contribution is -0.384. The number of amides is 1. The second-order valence-electron chi connectivity index (χ2n) is 6.60. The number of benzene rings is 1. The molecule has 1 amide bonds. The highest BCUT2D eigenvalue weighted by molar-refractivity contribution is 7.15. The van der Waals surface area contributed by atoms with Gasteiger partial charge in [0.05, 0.1) is 4.92 Å². The van der Waals surface area contributed by atoms with Gasteiger partial charge in [-0.1, -0.05) is 37.3 Å². The molecule has 0 aliphatic carbocycles. The maximum Gasteiger partial charge on any atom is 0.292 e. The third-order valence-electron chi connectivity index (χ3n) is 4.45. The van der Waals surface area contributed by atoms with E-state index in [2.05, 4.69) is 15.5 Å². The molecule has 0 spiro atoms. The van der Waals surface area contributed by atoms with Crippen LogP contribution in [0.5, 0.6) is 0 Å².